The van der Waals surface area contributed by atoms with Gasteiger partial charge >= 0.3 is 0 Å². The Kier molecular flexibility index (Phi) is 6.03. The van der Waals surface area contributed by atoms with Gasteiger partial charge in [0.25, 0.3) is 5.91 Å². The molecule has 2 aromatic rings. The number of methoxy groups -OCH3 is 1. The lowest BCUT2D eigenvalue weighted by Crippen LogP contribution is -2.48. The van der Waals surface area contributed by atoms with E-state index in [4.69, 9.17) is 39.5 Å². The van der Waals surface area contributed by atoms with Crippen molar-refractivity contribution in [1.82, 2.24) is 14.4 Å². The molecular weight excluding hydrogens is 397 g/mol. The number of carbonyl (C=O) groups excluding carboxylic acids is 1. The van der Waals surface area contributed by atoms with Crippen molar-refractivity contribution >= 4 is 40.7 Å². The molecule has 0 unspecified atom stereocenters. The van der Waals surface area contributed by atoms with Gasteiger partial charge in [0.05, 0.1) is 12.1 Å². The molecule has 1 aromatic carbocycles. The van der Waals surface area contributed by atoms with Gasteiger partial charge in [-0.1, -0.05) is 34.8 Å². The fraction of sp³-hybridized carbons (Fsp3) is 0.389. The number of piperazine rings is 1. The van der Waals surface area contributed by atoms with Gasteiger partial charge in [0, 0.05) is 50.4 Å². The van der Waals surface area contributed by atoms with Crippen molar-refractivity contribution in [2.24, 2.45) is 7.05 Å². The summed E-state index contributed by atoms with van der Waals surface area (Å²) in [6.07, 6.45) is 0. The first-order valence-electron chi connectivity index (χ1n) is 8.25. The van der Waals surface area contributed by atoms with Crippen molar-refractivity contribution in [2.45, 2.75) is 6.54 Å². The fourth-order valence-electron chi connectivity index (χ4n) is 3.13. The van der Waals surface area contributed by atoms with Gasteiger partial charge in [-0.05, 0) is 24.3 Å². The second-order valence-corrected chi connectivity index (χ2v) is 7.45. The highest BCUT2D eigenvalue weighted by atomic mass is 35.5. The van der Waals surface area contributed by atoms with E-state index >= 15 is 0 Å². The zero-order valence-electron chi connectivity index (χ0n) is 14.6. The molecule has 26 heavy (non-hydrogen) atoms. The molecule has 1 aliphatic heterocycles. The minimum Gasteiger partial charge on any atom is -0.496 e. The minimum absolute atomic E-state index is 0.0544. The minimum atomic E-state index is -0.0544. The highest BCUT2D eigenvalue weighted by molar-refractivity contribution is 6.41. The molecule has 0 N–H and O–H groups in total. The SMILES string of the molecule is COc1ccc(Cl)cc1CN1CCN(C(=O)c2cc(Cl)c(Cl)n2C)CC1. The van der Waals surface area contributed by atoms with E-state index in [1.165, 1.54) is 0 Å². The predicted molar refractivity (Wildman–Crippen MR) is 105 cm³/mol. The Labute approximate surface area is 168 Å². The summed E-state index contributed by atoms with van der Waals surface area (Å²) in [6.45, 7) is 3.55. The van der Waals surface area contributed by atoms with Crippen LogP contribution in [0.1, 0.15) is 16.1 Å². The number of hydrogen-bond donors (Lipinski definition) is 0. The van der Waals surface area contributed by atoms with Crippen LogP contribution in [0.5, 0.6) is 5.75 Å². The van der Waals surface area contributed by atoms with Crippen LogP contribution in [-0.4, -0.2) is 53.6 Å². The van der Waals surface area contributed by atoms with Crippen LogP contribution in [0.3, 0.4) is 0 Å². The number of halogens is 3. The van der Waals surface area contributed by atoms with Crippen molar-refractivity contribution in [3.8, 4) is 5.75 Å². The second-order valence-electron chi connectivity index (χ2n) is 6.25. The topological polar surface area (TPSA) is 37.7 Å². The van der Waals surface area contributed by atoms with Gasteiger partial charge in [0.15, 0.2) is 0 Å². The molecule has 1 saturated heterocycles. The van der Waals surface area contributed by atoms with E-state index in [0.717, 1.165) is 30.9 Å². The van der Waals surface area contributed by atoms with E-state index in [1.807, 2.05) is 23.1 Å². The van der Waals surface area contributed by atoms with Crippen LogP contribution in [0, 0.1) is 0 Å². The number of ether oxygens (including phenoxy) is 1. The smallest absolute Gasteiger partial charge is 0.270 e. The maximum absolute atomic E-state index is 12.7. The number of hydrogen-bond acceptors (Lipinski definition) is 3. The average molecular weight is 417 g/mol. The van der Waals surface area contributed by atoms with Gasteiger partial charge in [-0.15, -0.1) is 0 Å². The quantitative estimate of drug-likeness (QED) is 0.757. The van der Waals surface area contributed by atoms with E-state index in [-0.39, 0.29) is 5.91 Å². The first kappa shape index (κ1) is 19.4. The summed E-state index contributed by atoms with van der Waals surface area (Å²) < 4.78 is 7.03. The number of aromatic nitrogens is 1. The standard InChI is InChI=1S/C18H20Cl3N3O2/c1-22-15(10-14(20)17(22)21)18(25)24-7-5-23(6-8-24)11-12-9-13(19)3-4-16(12)26-2/h3-4,9-10H,5-8,11H2,1-2H3. The third-order valence-electron chi connectivity index (χ3n) is 4.63. The van der Waals surface area contributed by atoms with Crippen LogP contribution < -0.4 is 4.74 Å². The van der Waals surface area contributed by atoms with Crippen molar-refractivity contribution in [1.29, 1.82) is 0 Å². The Balaban J connectivity index is 1.63. The normalized spacial score (nSPS) is 15.3. The molecule has 140 valence electrons. The maximum Gasteiger partial charge on any atom is 0.270 e. The van der Waals surface area contributed by atoms with Crippen molar-refractivity contribution in [2.75, 3.05) is 33.3 Å². The molecule has 1 aliphatic rings. The average Bonchev–Trinajstić information content (AvgIpc) is 2.89. The van der Waals surface area contributed by atoms with Crippen LogP contribution in [0.25, 0.3) is 0 Å². The lowest BCUT2D eigenvalue weighted by atomic mass is 10.1. The number of rotatable bonds is 4. The van der Waals surface area contributed by atoms with Crippen LogP contribution in [0.2, 0.25) is 15.2 Å². The molecular formula is C18H20Cl3N3O2. The Morgan fingerprint density at radius 3 is 2.38 bits per heavy atom. The van der Waals surface area contributed by atoms with Crippen LogP contribution >= 0.6 is 34.8 Å². The Morgan fingerprint density at radius 2 is 1.81 bits per heavy atom. The summed E-state index contributed by atoms with van der Waals surface area (Å²) in [5.41, 5.74) is 1.55. The first-order valence-corrected chi connectivity index (χ1v) is 9.39. The molecule has 0 aliphatic carbocycles. The van der Waals surface area contributed by atoms with Crippen LogP contribution in [-0.2, 0) is 13.6 Å². The summed E-state index contributed by atoms with van der Waals surface area (Å²) in [6, 6.07) is 7.23. The fourth-order valence-corrected chi connectivity index (χ4v) is 3.70. The largest absolute Gasteiger partial charge is 0.496 e. The molecule has 0 atom stereocenters. The molecule has 0 saturated carbocycles. The van der Waals surface area contributed by atoms with Gasteiger partial charge in [-0.3, -0.25) is 9.69 Å². The molecule has 8 heteroatoms. The summed E-state index contributed by atoms with van der Waals surface area (Å²) >= 11 is 18.2. The molecule has 1 fully saturated rings. The highest BCUT2D eigenvalue weighted by Crippen LogP contribution is 2.27. The van der Waals surface area contributed by atoms with Crippen molar-refractivity contribution < 1.29 is 9.53 Å². The Morgan fingerprint density at radius 1 is 1.12 bits per heavy atom. The van der Waals surface area contributed by atoms with Gasteiger partial charge < -0.3 is 14.2 Å². The Bertz CT molecular complexity index is 814. The number of nitrogens with zero attached hydrogens (tertiary/aromatic N) is 3. The summed E-state index contributed by atoms with van der Waals surface area (Å²) in [5, 5.41) is 1.46. The molecule has 3 rings (SSSR count). The lowest BCUT2D eigenvalue weighted by Gasteiger charge is -2.35. The number of benzene rings is 1. The Hall–Kier alpha value is -1.40. The molecule has 0 spiro atoms. The van der Waals surface area contributed by atoms with E-state index < -0.39 is 0 Å². The van der Waals surface area contributed by atoms with Gasteiger partial charge in [-0.2, -0.15) is 0 Å². The predicted octanol–water partition coefficient (Wildman–Crippen LogP) is 3.95. The summed E-state index contributed by atoms with van der Waals surface area (Å²) in [7, 11) is 3.39. The summed E-state index contributed by atoms with van der Waals surface area (Å²) in [5.74, 6) is 0.766. The van der Waals surface area contributed by atoms with E-state index in [2.05, 4.69) is 4.90 Å². The number of carbonyl (C=O) groups is 1. The zero-order valence-corrected chi connectivity index (χ0v) is 16.9. The third kappa shape index (κ3) is 3.96. The highest BCUT2D eigenvalue weighted by Gasteiger charge is 2.25. The second kappa shape index (κ2) is 8.09. The monoisotopic (exact) mass is 415 g/mol. The van der Waals surface area contributed by atoms with Gasteiger partial charge in [-0.25, -0.2) is 0 Å². The van der Waals surface area contributed by atoms with Gasteiger partial charge in [0.1, 0.15) is 16.6 Å². The van der Waals surface area contributed by atoms with E-state index in [1.54, 1.807) is 24.8 Å². The molecule has 5 nitrogen and oxygen atoms in total. The molecule has 0 radical (unpaired) electrons. The molecule has 1 aromatic heterocycles. The van der Waals surface area contributed by atoms with Crippen LogP contribution in [0.15, 0.2) is 24.3 Å². The summed E-state index contributed by atoms with van der Waals surface area (Å²) in [4.78, 5) is 16.8. The van der Waals surface area contributed by atoms with Crippen molar-refractivity contribution in [3.63, 3.8) is 0 Å². The maximum atomic E-state index is 12.7. The number of amides is 1. The molecule has 1 amide bonds. The lowest BCUT2D eigenvalue weighted by molar-refractivity contribution is 0.0618. The van der Waals surface area contributed by atoms with Gasteiger partial charge in [0.2, 0.25) is 0 Å². The zero-order chi connectivity index (χ0) is 18.8. The first-order chi connectivity index (χ1) is 12.4. The van der Waals surface area contributed by atoms with Crippen molar-refractivity contribution in [3.05, 3.63) is 50.7 Å². The molecule has 2 heterocycles. The van der Waals surface area contributed by atoms with E-state index in [9.17, 15) is 4.79 Å². The van der Waals surface area contributed by atoms with Crippen LogP contribution in [0.4, 0.5) is 0 Å². The third-order valence-corrected chi connectivity index (χ3v) is 5.71. The van der Waals surface area contributed by atoms with E-state index in [0.29, 0.717) is 34.0 Å². The molecule has 0 bridgehead atoms.